The predicted molar refractivity (Wildman–Crippen MR) is 88.6 cm³/mol. The van der Waals surface area contributed by atoms with Crippen molar-refractivity contribution >= 4 is 11.5 Å². The molecular formula is C17H29N3O. The van der Waals surface area contributed by atoms with Crippen LogP contribution in [0.3, 0.4) is 0 Å². The summed E-state index contributed by atoms with van der Waals surface area (Å²) in [6, 6.07) is 0. The smallest absolute Gasteiger partial charge is 0.234 e. The molecule has 0 atom stereocenters. The first-order valence-corrected chi connectivity index (χ1v) is 8.33. The van der Waals surface area contributed by atoms with Crippen molar-refractivity contribution in [1.29, 1.82) is 0 Å². The summed E-state index contributed by atoms with van der Waals surface area (Å²) >= 11 is 0. The van der Waals surface area contributed by atoms with E-state index in [4.69, 9.17) is 4.52 Å². The molecule has 1 aromatic heterocycles. The Bertz CT molecular complexity index is 445. The Morgan fingerprint density at radius 2 is 1.95 bits per heavy atom. The molecule has 0 spiro atoms. The average Bonchev–Trinajstić information content (AvgIpc) is 2.97. The fraction of sp³-hybridized carbons (Fsp3) is 0.706. The van der Waals surface area contributed by atoms with Gasteiger partial charge in [0.2, 0.25) is 5.88 Å². The summed E-state index contributed by atoms with van der Waals surface area (Å²) < 4.78 is 5.63. The van der Waals surface area contributed by atoms with E-state index in [2.05, 4.69) is 41.9 Å². The largest absolute Gasteiger partial charge is 0.340 e. The third kappa shape index (κ3) is 4.34. The molecule has 0 N–H and O–H groups in total. The molecule has 2 rings (SSSR count). The molecule has 0 bridgehead atoms. The van der Waals surface area contributed by atoms with Crippen molar-refractivity contribution in [1.82, 2.24) is 10.1 Å². The number of aromatic nitrogens is 1. The van der Waals surface area contributed by atoms with Gasteiger partial charge in [-0.25, -0.2) is 0 Å². The molecule has 0 fully saturated rings. The van der Waals surface area contributed by atoms with Crippen molar-refractivity contribution in [2.75, 3.05) is 38.1 Å². The lowest BCUT2D eigenvalue weighted by atomic mass is 10.0. The Hall–Kier alpha value is -1.29. The molecule has 118 valence electrons. The third-order valence-corrected chi connectivity index (χ3v) is 4.09. The van der Waals surface area contributed by atoms with Crippen LogP contribution in [0.1, 0.15) is 51.5 Å². The van der Waals surface area contributed by atoms with E-state index in [1.54, 1.807) is 0 Å². The maximum atomic E-state index is 5.63. The lowest BCUT2D eigenvalue weighted by molar-refractivity contribution is 0.372. The normalized spacial score (nSPS) is 16.0. The van der Waals surface area contributed by atoms with Gasteiger partial charge in [-0.2, -0.15) is 0 Å². The molecule has 4 nitrogen and oxygen atoms in total. The summed E-state index contributed by atoms with van der Waals surface area (Å²) in [6.07, 6.45) is 10.2. The van der Waals surface area contributed by atoms with Crippen molar-refractivity contribution < 1.29 is 4.52 Å². The van der Waals surface area contributed by atoms with Crippen LogP contribution in [0.15, 0.2) is 16.8 Å². The van der Waals surface area contributed by atoms with Crippen LogP contribution in [0, 0.1) is 0 Å². The predicted octanol–water partition coefficient (Wildman–Crippen LogP) is 3.80. The molecule has 0 amide bonds. The highest BCUT2D eigenvalue weighted by Gasteiger charge is 2.21. The van der Waals surface area contributed by atoms with Gasteiger partial charge in [-0.15, -0.1) is 0 Å². The summed E-state index contributed by atoms with van der Waals surface area (Å²) in [5.41, 5.74) is 2.55. The molecule has 2 heterocycles. The van der Waals surface area contributed by atoms with E-state index in [0.29, 0.717) is 0 Å². The average molecular weight is 291 g/mol. The number of unbranched alkanes of at least 4 members (excludes halogenated alkanes) is 2. The van der Waals surface area contributed by atoms with Crippen molar-refractivity contribution in [2.45, 2.75) is 46.0 Å². The van der Waals surface area contributed by atoms with E-state index in [-0.39, 0.29) is 0 Å². The summed E-state index contributed by atoms with van der Waals surface area (Å²) in [7, 11) is 2.17. The van der Waals surface area contributed by atoms with Crippen LogP contribution in [-0.2, 0) is 0 Å². The molecular weight excluding hydrogens is 262 g/mol. The van der Waals surface area contributed by atoms with Crippen LogP contribution in [-0.4, -0.2) is 43.3 Å². The maximum Gasteiger partial charge on any atom is 0.234 e. The van der Waals surface area contributed by atoms with Gasteiger partial charge >= 0.3 is 0 Å². The van der Waals surface area contributed by atoms with Gasteiger partial charge in [-0.05, 0) is 31.9 Å². The molecule has 1 aromatic rings. The first-order valence-electron chi connectivity index (χ1n) is 8.33. The number of rotatable bonds is 8. The Morgan fingerprint density at radius 1 is 1.24 bits per heavy atom. The zero-order valence-corrected chi connectivity index (χ0v) is 13.8. The van der Waals surface area contributed by atoms with Crippen molar-refractivity contribution in [2.24, 2.45) is 0 Å². The Morgan fingerprint density at radius 3 is 2.57 bits per heavy atom. The summed E-state index contributed by atoms with van der Waals surface area (Å²) in [6.45, 7) is 8.71. The minimum atomic E-state index is 0.971. The molecule has 0 saturated carbocycles. The number of likely N-dealkylation sites (N-methyl/N-ethyl adjacent to an activating group) is 1. The van der Waals surface area contributed by atoms with Crippen LogP contribution in [0.2, 0.25) is 0 Å². The molecule has 0 aliphatic carbocycles. The van der Waals surface area contributed by atoms with E-state index in [9.17, 15) is 0 Å². The van der Waals surface area contributed by atoms with Crippen LogP contribution >= 0.6 is 0 Å². The molecule has 0 aromatic carbocycles. The van der Waals surface area contributed by atoms with Gasteiger partial charge in [0.1, 0.15) is 0 Å². The molecule has 0 saturated heterocycles. The number of hydrogen-bond donors (Lipinski definition) is 0. The number of nitrogens with zero attached hydrogens (tertiary/aromatic N) is 3. The van der Waals surface area contributed by atoms with Gasteiger partial charge in [0.25, 0.3) is 0 Å². The summed E-state index contributed by atoms with van der Waals surface area (Å²) in [4.78, 5) is 4.74. The fourth-order valence-corrected chi connectivity index (χ4v) is 2.78. The fourth-order valence-electron chi connectivity index (χ4n) is 2.78. The second-order valence-corrected chi connectivity index (χ2v) is 5.99. The van der Waals surface area contributed by atoms with E-state index >= 15 is 0 Å². The van der Waals surface area contributed by atoms with E-state index in [1.807, 2.05) is 6.20 Å². The van der Waals surface area contributed by atoms with E-state index in [0.717, 1.165) is 38.5 Å². The third-order valence-electron chi connectivity index (χ3n) is 4.09. The summed E-state index contributed by atoms with van der Waals surface area (Å²) in [5, 5.41) is 4.08. The zero-order chi connectivity index (χ0) is 15.1. The van der Waals surface area contributed by atoms with Gasteiger partial charge < -0.3 is 14.3 Å². The zero-order valence-electron chi connectivity index (χ0n) is 13.8. The molecule has 0 radical (unpaired) electrons. The van der Waals surface area contributed by atoms with Gasteiger partial charge in [-0.3, -0.25) is 0 Å². The molecule has 1 aliphatic rings. The Kier molecular flexibility index (Phi) is 6.30. The minimum Gasteiger partial charge on any atom is -0.340 e. The topological polar surface area (TPSA) is 32.5 Å². The number of hydrogen-bond acceptors (Lipinski definition) is 4. The molecule has 21 heavy (non-hydrogen) atoms. The Balaban J connectivity index is 2.17. The standard InChI is InChI=1S/C17H29N3O/c1-4-6-11-20(12-7-5-2)17-16(13-18-21-17)15-9-8-10-19(3)14-15/h9,13H,4-8,10-12,14H2,1-3H3. The van der Waals surface area contributed by atoms with Gasteiger partial charge in [0.05, 0.1) is 11.8 Å². The molecule has 4 heteroatoms. The number of anilines is 1. The van der Waals surface area contributed by atoms with Crippen LogP contribution < -0.4 is 4.90 Å². The molecule has 1 aliphatic heterocycles. The summed E-state index contributed by atoms with van der Waals surface area (Å²) in [5.74, 6) is 0.971. The first-order chi connectivity index (χ1) is 10.3. The first kappa shape index (κ1) is 16.1. The highest BCUT2D eigenvalue weighted by atomic mass is 16.5. The van der Waals surface area contributed by atoms with Crippen molar-refractivity contribution in [3.05, 3.63) is 17.8 Å². The van der Waals surface area contributed by atoms with Crippen LogP contribution in [0.4, 0.5) is 5.88 Å². The second kappa shape index (κ2) is 8.23. The van der Waals surface area contributed by atoms with E-state index < -0.39 is 0 Å². The monoisotopic (exact) mass is 291 g/mol. The lowest BCUT2D eigenvalue weighted by Gasteiger charge is -2.26. The highest BCUT2D eigenvalue weighted by molar-refractivity contribution is 5.74. The second-order valence-electron chi connectivity index (χ2n) is 5.99. The maximum absolute atomic E-state index is 5.63. The molecule has 0 unspecified atom stereocenters. The van der Waals surface area contributed by atoms with E-state index in [1.165, 1.54) is 36.8 Å². The highest BCUT2D eigenvalue weighted by Crippen LogP contribution is 2.30. The quantitative estimate of drug-likeness (QED) is 0.729. The lowest BCUT2D eigenvalue weighted by Crippen LogP contribution is -2.28. The SMILES string of the molecule is CCCCN(CCCC)c1oncc1C1=CCCN(C)C1. The van der Waals surface area contributed by atoms with Crippen molar-refractivity contribution in [3.8, 4) is 0 Å². The van der Waals surface area contributed by atoms with Crippen LogP contribution in [0.5, 0.6) is 0 Å². The van der Waals surface area contributed by atoms with Crippen LogP contribution in [0.25, 0.3) is 5.57 Å². The van der Waals surface area contributed by atoms with Gasteiger partial charge in [0, 0.05) is 26.2 Å². The van der Waals surface area contributed by atoms with Gasteiger partial charge in [0.15, 0.2) is 0 Å². The minimum absolute atomic E-state index is 0.971. The van der Waals surface area contributed by atoms with Crippen molar-refractivity contribution in [3.63, 3.8) is 0 Å². The van der Waals surface area contributed by atoms with Gasteiger partial charge in [-0.1, -0.05) is 37.9 Å². The Labute approximate surface area is 128 Å².